The highest BCUT2D eigenvalue weighted by molar-refractivity contribution is 6.25. The summed E-state index contributed by atoms with van der Waals surface area (Å²) in [5.41, 5.74) is 7.59. The van der Waals surface area contributed by atoms with Gasteiger partial charge in [0, 0.05) is 17.7 Å². The quantitative estimate of drug-likeness (QED) is 0.290. The summed E-state index contributed by atoms with van der Waals surface area (Å²) in [6.07, 6.45) is -0.0138. The summed E-state index contributed by atoms with van der Waals surface area (Å²) in [6, 6.07) is 0.513. The van der Waals surface area contributed by atoms with Crippen LogP contribution in [0.3, 0.4) is 0 Å². The maximum Gasteiger partial charge on any atom is 0.255 e. The first kappa shape index (κ1) is 28.8. The number of hydrogen-bond acceptors (Lipinski definition) is 10. The number of rotatable bonds is 4. The summed E-state index contributed by atoms with van der Waals surface area (Å²) in [6.45, 7) is 6.22. The van der Waals surface area contributed by atoms with E-state index in [2.05, 4.69) is 0 Å². The number of phenolic OH excluding ortho intramolecular Hbond substituents is 1. The first-order valence-corrected chi connectivity index (χ1v) is 12.8. The summed E-state index contributed by atoms with van der Waals surface area (Å²) >= 11 is 0. The van der Waals surface area contributed by atoms with E-state index in [1.807, 2.05) is 45.8 Å². The van der Waals surface area contributed by atoms with Crippen molar-refractivity contribution >= 4 is 23.2 Å². The summed E-state index contributed by atoms with van der Waals surface area (Å²) < 4.78 is 0. The lowest BCUT2D eigenvalue weighted by Gasteiger charge is -2.56. The van der Waals surface area contributed by atoms with Gasteiger partial charge in [-0.2, -0.15) is 0 Å². The first-order chi connectivity index (χ1) is 17.8. The molecule has 0 saturated heterocycles. The van der Waals surface area contributed by atoms with E-state index in [-0.39, 0.29) is 29.7 Å². The number of Topliss-reactive ketones (excluding diaryl/α,β-unsaturated/α-hetero) is 2. The fourth-order valence-electron chi connectivity index (χ4n) is 6.65. The summed E-state index contributed by atoms with van der Waals surface area (Å²) in [7, 11) is 6.78. The predicted octanol–water partition coefficient (Wildman–Crippen LogP) is 0.404. The Bertz CT molecular complexity index is 1370. The molecule has 0 unspecified atom stereocenters. The number of carbonyl (C=O) groups excluding carboxylic acids is 3. The standard InChI is InChI=1S/C28H38N4O7/c1-26(2,3)15-9-13(11-31(4)5)14-8-12-10-27(30)22(32(6)7)21(35)18(25(29)38)24(37)28(27,39)23(36)16(12)20(34)17(14)19(15)33/h9,12,22,33-34,37,39H,8,10-11,30H2,1-7H3,(H2,29,38)/t12-,22+,27+,28-/m0/s1. The van der Waals surface area contributed by atoms with Gasteiger partial charge in [-0.05, 0) is 69.6 Å². The molecule has 0 bridgehead atoms. The van der Waals surface area contributed by atoms with E-state index < -0.39 is 63.1 Å². The summed E-state index contributed by atoms with van der Waals surface area (Å²) in [4.78, 5) is 43.0. The van der Waals surface area contributed by atoms with Gasteiger partial charge in [0.15, 0.2) is 11.5 Å². The van der Waals surface area contributed by atoms with Crippen molar-refractivity contribution in [2.75, 3.05) is 28.2 Å². The van der Waals surface area contributed by atoms with E-state index in [1.54, 1.807) is 0 Å². The van der Waals surface area contributed by atoms with Crippen molar-refractivity contribution < 1.29 is 34.8 Å². The molecule has 3 aliphatic rings. The van der Waals surface area contributed by atoms with Crippen molar-refractivity contribution in [3.63, 3.8) is 0 Å². The molecule has 0 aromatic heterocycles. The van der Waals surface area contributed by atoms with Crippen molar-refractivity contribution in [1.82, 2.24) is 9.80 Å². The Kier molecular flexibility index (Phi) is 6.55. The van der Waals surface area contributed by atoms with Gasteiger partial charge in [-0.3, -0.25) is 19.3 Å². The Balaban J connectivity index is 2.06. The molecule has 1 saturated carbocycles. The van der Waals surface area contributed by atoms with Crippen molar-refractivity contribution in [3.05, 3.63) is 45.2 Å². The van der Waals surface area contributed by atoms with Gasteiger partial charge in [-0.25, -0.2) is 0 Å². The average Bonchev–Trinajstić information content (AvgIpc) is 2.76. The lowest BCUT2D eigenvalue weighted by molar-refractivity contribution is -0.157. The zero-order valence-corrected chi connectivity index (χ0v) is 23.4. The van der Waals surface area contributed by atoms with Crippen LogP contribution in [0.4, 0.5) is 0 Å². The van der Waals surface area contributed by atoms with E-state index in [1.165, 1.54) is 19.0 Å². The fraction of sp³-hybridized carbons (Fsp3) is 0.536. The number of fused-ring (bicyclic) bond motifs is 3. The van der Waals surface area contributed by atoms with Gasteiger partial charge < -0.3 is 36.8 Å². The molecule has 1 fully saturated rings. The van der Waals surface area contributed by atoms with E-state index in [0.717, 1.165) is 5.56 Å². The topological polar surface area (TPSA) is 191 Å². The first-order valence-electron chi connectivity index (χ1n) is 12.8. The van der Waals surface area contributed by atoms with Gasteiger partial charge >= 0.3 is 0 Å². The highest BCUT2D eigenvalue weighted by Gasteiger charge is 2.71. The van der Waals surface area contributed by atoms with E-state index >= 15 is 0 Å². The molecule has 1 aromatic carbocycles. The van der Waals surface area contributed by atoms with Crippen LogP contribution in [-0.2, 0) is 32.8 Å². The van der Waals surface area contributed by atoms with E-state index in [0.29, 0.717) is 17.7 Å². The maximum atomic E-state index is 14.1. The second-order valence-electron chi connectivity index (χ2n) is 12.5. The maximum absolute atomic E-state index is 14.1. The number of nitrogens with two attached hydrogens (primary N) is 2. The molecule has 39 heavy (non-hydrogen) atoms. The number of aromatic hydroxyl groups is 1. The van der Waals surface area contributed by atoms with E-state index in [9.17, 15) is 34.8 Å². The van der Waals surface area contributed by atoms with Crippen molar-refractivity contribution in [2.45, 2.75) is 62.8 Å². The Morgan fingerprint density at radius 2 is 1.72 bits per heavy atom. The summed E-state index contributed by atoms with van der Waals surface area (Å²) in [5.74, 6) is -6.06. The molecular formula is C28H38N4O7. The Hall–Kier alpha value is -3.25. The predicted molar refractivity (Wildman–Crippen MR) is 144 cm³/mol. The number of hydrogen-bond donors (Lipinski definition) is 6. The molecule has 1 aromatic rings. The van der Waals surface area contributed by atoms with Crippen LogP contribution < -0.4 is 11.5 Å². The van der Waals surface area contributed by atoms with Gasteiger partial charge in [0.2, 0.25) is 11.4 Å². The molecule has 11 nitrogen and oxygen atoms in total. The molecule has 4 rings (SSSR count). The molecule has 0 spiro atoms. The number of carbonyl (C=O) groups is 3. The van der Waals surface area contributed by atoms with Crippen molar-refractivity contribution in [3.8, 4) is 5.75 Å². The van der Waals surface area contributed by atoms with Crippen molar-refractivity contribution in [1.29, 1.82) is 0 Å². The molecule has 0 heterocycles. The molecule has 0 radical (unpaired) electrons. The monoisotopic (exact) mass is 542 g/mol. The molecule has 212 valence electrons. The number of aliphatic hydroxyl groups is 3. The zero-order chi connectivity index (χ0) is 29.6. The van der Waals surface area contributed by atoms with Crippen LogP contribution in [0.2, 0.25) is 0 Å². The number of benzene rings is 1. The summed E-state index contributed by atoms with van der Waals surface area (Å²) in [5, 5.41) is 45.9. The highest BCUT2D eigenvalue weighted by Crippen LogP contribution is 2.54. The minimum atomic E-state index is -2.93. The second-order valence-corrected chi connectivity index (χ2v) is 12.5. The van der Waals surface area contributed by atoms with Crippen LogP contribution in [0.15, 0.2) is 23.0 Å². The lowest BCUT2D eigenvalue weighted by atomic mass is 9.53. The van der Waals surface area contributed by atoms with Crippen LogP contribution in [0, 0.1) is 5.92 Å². The third-order valence-corrected chi connectivity index (χ3v) is 8.30. The number of primary amides is 1. The van der Waals surface area contributed by atoms with Crippen LogP contribution >= 0.6 is 0 Å². The van der Waals surface area contributed by atoms with E-state index in [4.69, 9.17) is 11.5 Å². The number of aliphatic hydroxyl groups excluding tert-OH is 2. The zero-order valence-electron chi connectivity index (χ0n) is 23.4. The molecule has 0 aliphatic heterocycles. The highest BCUT2D eigenvalue weighted by atomic mass is 16.4. The second kappa shape index (κ2) is 8.88. The minimum Gasteiger partial charge on any atom is -0.508 e. The lowest BCUT2D eigenvalue weighted by Crippen LogP contribution is -2.80. The normalized spacial score (nSPS) is 29.1. The molecular weight excluding hydrogens is 504 g/mol. The number of phenols is 1. The van der Waals surface area contributed by atoms with Gasteiger partial charge in [0.05, 0.1) is 17.1 Å². The SMILES string of the molecule is CN(C)Cc1cc(C(C)(C)C)c(O)c2c1C[C@H]1C[C@@]3(N)[C@H](N(C)C)C(=O)C(C(N)=O)=C(O)[C@@]3(O)C(=O)C1=C2O. The van der Waals surface area contributed by atoms with Crippen LogP contribution in [-0.4, -0.2) is 93.1 Å². The molecule has 8 N–H and O–H groups in total. The van der Waals surface area contributed by atoms with Crippen LogP contribution in [0.5, 0.6) is 5.75 Å². The van der Waals surface area contributed by atoms with Crippen molar-refractivity contribution in [2.24, 2.45) is 17.4 Å². The molecule has 11 heteroatoms. The van der Waals surface area contributed by atoms with Gasteiger partial charge in [-0.1, -0.05) is 20.8 Å². The largest absolute Gasteiger partial charge is 0.508 e. The van der Waals surface area contributed by atoms with Crippen LogP contribution in [0.1, 0.15) is 49.4 Å². The number of nitrogens with zero attached hydrogens (tertiary/aromatic N) is 2. The van der Waals surface area contributed by atoms with Gasteiger partial charge in [0.25, 0.3) is 5.91 Å². The molecule has 1 amide bonds. The smallest absolute Gasteiger partial charge is 0.255 e. The number of amides is 1. The Labute approximate surface area is 227 Å². The van der Waals surface area contributed by atoms with Crippen LogP contribution in [0.25, 0.3) is 5.76 Å². The van der Waals surface area contributed by atoms with Gasteiger partial charge in [-0.15, -0.1) is 0 Å². The average molecular weight is 543 g/mol. The third kappa shape index (κ3) is 3.82. The third-order valence-electron chi connectivity index (χ3n) is 8.30. The fourth-order valence-corrected chi connectivity index (χ4v) is 6.65. The Morgan fingerprint density at radius 1 is 1.13 bits per heavy atom. The molecule has 3 aliphatic carbocycles. The number of likely N-dealkylation sites (N-methyl/N-ethyl adjacent to an activating group) is 1. The minimum absolute atomic E-state index is 0.0848. The molecule has 4 atom stereocenters. The van der Waals surface area contributed by atoms with Gasteiger partial charge in [0.1, 0.15) is 17.1 Å². The Morgan fingerprint density at radius 3 is 2.21 bits per heavy atom. The number of ketones is 2.